The molecule has 2 amide bonds. The number of benzene rings is 3. The summed E-state index contributed by atoms with van der Waals surface area (Å²) >= 11 is 0. The topological polar surface area (TPSA) is 150 Å². The highest BCUT2D eigenvalue weighted by atomic mass is 32.2. The Balaban J connectivity index is 1.71. The van der Waals surface area contributed by atoms with Gasteiger partial charge in [-0.3, -0.25) is 4.79 Å². The maximum Gasteiger partial charge on any atom is 0.426 e. The van der Waals surface area contributed by atoms with Gasteiger partial charge in [-0.2, -0.15) is 18.0 Å². The highest BCUT2D eigenvalue weighted by Crippen LogP contribution is 2.29. The molecule has 1 aliphatic rings. The standard InChI is InChI=1S/C37H47N5O8S/c1-8-48-33(43)26-42(35(45)50-37(5,6)7)51(46,47)41(25-28-11-13-29-12-10-27(24-38)22-30(29)23-28)32-16-14-31(15-17-32)39-18-9-19-40(21-20-39)34(44)49-36(2,3)4/h10-17,22-23H,8-9,18-21,25-26H2,1-7H3. The Morgan fingerprint density at radius 1 is 0.843 bits per heavy atom. The molecule has 1 fully saturated rings. The Hall–Kier alpha value is -5.03. The number of carbonyl (C=O) groups excluding carboxylic acids is 3. The summed E-state index contributed by atoms with van der Waals surface area (Å²) in [6, 6.07) is 19.5. The fourth-order valence-corrected chi connectivity index (χ4v) is 6.88. The summed E-state index contributed by atoms with van der Waals surface area (Å²) < 4.78 is 46.5. The summed E-state index contributed by atoms with van der Waals surface area (Å²) in [7, 11) is -4.77. The normalized spacial score (nSPS) is 13.9. The van der Waals surface area contributed by atoms with Crippen LogP contribution in [0.5, 0.6) is 0 Å². The van der Waals surface area contributed by atoms with Gasteiger partial charge in [-0.1, -0.05) is 18.2 Å². The molecule has 4 rings (SSSR count). The molecule has 14 heteroatoms. The van der Waals surface area contributed by atoms with Crippen molar-refractivity contribution in [1.82, 2.24) is 9.21 Å². The molecule has 0 radical (unpaired) electrons. The molecule has 0 atom stereocenters. The van der Waals surface area contributed by atoms with Crippen molar-refractivity contribution in [2.45, 2.75) is 72.6 Å². The van der Waals surface area contributed by atoms with Crippen LogP contribution in [0.2, 0.25) is 0 Å². The van der Waals surface area contributed by atoms with E-state index in [2.05, 4.69) is 11.0 Å². The van der Waals surface area contributed by atoms with Crippen molar-refractivity contribution in [3.05, 3.63) is 71.8 Å². The predicted molar refractivity (Wildman–Crippen MR) is 194 cm³/mol. The molecular formula is C37H47N5O8S. The molecule has 0 bridgehead atoms. The van der Waals surface area contributed by atoms with Gasteiger partial charge in [0, 0.05) is 31.9 Å². The van der Waals surface area contributed by atoms with Gasteiger partial charge in [-0.05, 0) is 114 Å². The van der Waals surface area contributed by atoms with Crippen LogP contribution < -0.4 is 9.21 Å². The lowest BCUT2D eigenvalue weighted by molar-refractivity contribution is -0.143. The van der Waals surface area contributed by atoms with Gasteiger partial charge in [0.25, 0.3) is 0 Å². The Bertz CT molecular complexity index is 1880. The lowest BCUT2D eigenvalue weighted by Gasteiger charge is -2.32. The summed E-state index contributed by atoms with van der Waals surface area (Å²) in [4.78, 5) is 42.6. The number of esters is 1. The quantitative estimate of drug-likeness (QED) is 0.184. The van der Waals surface area contributed by atoms with Gasteiger partial charge in [0.1, 0.15) is 17.7 Å². The highest BCUT2D eigenvalue weighted by molar-refractivity contribution is 7.91. The molecule has 0 aromatic heterocycles. The molecule has 274 valence electrons. The number of hydrogen-bond donors (Lipinski definition) is 0. The minimum Gasteiger partial charge on any atom is -0.465 e. The number of carbonyl (C=O) groups is 3. The first-order chi connectivity index (χ1) is 23.9. The van der Waals surface area contributed by atoms with E-state index in [1.165, 1.54) is 0 Å². The first-order valence-corrected chi connectivity index (χ1v) is 18.2. The van der Waals surface area contributed by atoms with E-state index >= 15 is 0 Å². The number of nitriles is 1. The fourth-order valence-electron chi connectivity index (χ4n) is 5.45. The average Bonchev–Trinajstić information content (AvgIpc) is 3.31. The number of amides is 2. The number of rotatable bonds is 9. The van der Waals surface area contributed by atoms with Crippen LogP contribution in [0, 0.1) is 11.3 Å². The second kappa shape index (κ2) is 15.9. The molecule has 1 saturated heterocycles. The summed E-state index contributed by atoms with van der Waals surface area (Å²) in [5.41, 5.74) is 0.398. The number of fused-ring (bicyclic) bond motifs is 1. The summed E-state index contributed by atoms with van der Waals surface area (Å²) in [6.07, 6.45) is -0.890. The zero-order chi connectivity index (χ0) is 37.6. The second-order valence-corrected chi connectivity index (χ2v) is 15.9. The number of anilines is 2. The molecule has 51 heavy (non-hydrogen) atoms. The maximum atomic E-state index is 14.5. The molecule has 0 aliphatic carbocycles. The van der Waals surface area contributed by atoms with Crippen LogP contribution in [-0.2, 0) is 35.8 Å². The van der Waals surface area contributed by atoms with E-state index in [1.54, 1.807) is 81.1 Å². The third-order valence-electron chi connectivity index (χ3n) is 7.74. The van der Waals surface area contributed by atoms with Gasteiger partial charge in [0.05, 0.1) is 30.5 Å². The van der Waals surface area contributed by atoms with Crippen LogP contribution in [0.4, 0.5) is 21.0 Å². The van der Waals surface area contributed by atoms with E-state index in [0.717, 1.165) is 20.8 Å². The van der Waals surface area contributed by atoms with Gasteiger partial charge in [0.2, 0.25) is 0 Å². The first kappa shape index (κ1) is 38.8. The van der Waals surface area contributed by atoms with Crippen molar-refractivity contribution < 1.29 is 37.0 Å². The van der Waals surface area contributed by atoms with E-state index in [-0.39, 0.29) is 24.9 Å². The van der Waals surface area contributed by atoms with Gasteiger partial charge < -0.3 is 24.0 Å². The molecule has 0 spiro atoms. The monoisotopic (exact) mass is 721 g/mol. The van der Waals surface area contributed by atoms with Crippen LogP contribution in [0.15, 0.2) is 60.7 Å². The molecule has 3 aromatic carbocycles. The molecule has 0 unspecified atom stereocenters. The Morgan fingerprint density at radius 2 is 1.51 bits per heavy atom. The van der Waals surface area contributed by atoms with Crippen LogP contribution in [0.1, 0.15) is 66.0 Å². The van der Waals surface area contributed by atoms with Gasteiger partial charge >= 0.3 is 28.4 Å². The van der Waals surface area contributed by atoms with Crippen molar-refractivity contribution >= 4 is 50.5 Å². The Labute approximate surface area is 300 Å². The van der Waals surface area contributed by atoms with Gasteiger partial charge in [-0.25, -0.2) is 13.9 Å². The van der Waals surface area contributed by atoms with Crippen molar-refractivity contribution in [3.63, 3.8) is 0 Å². The lowest BCUT2D eigenvalue weighted by atomic mass is 10.0. The second-order valence-electron chi connectivity index (χ2n) is 14.1. The molecule has 13 nitrogen and oxygen atoms in total. The maximum absolute atomic E-state index is 14.5. The third kappa shape index (κ3) is 10.5. The summed E-state index contributed by atoms with van der Waals surface area (Å²) in [5, 5.41) is 11.0. The third-order valence-corrected chi connectivity index (χ3v) is 9.47. The summed E-state index contributed by atoms with van der Waals surface area (Å²) in [5.74, 6) is -0.918. The van der Waals surface area contributed by atoms with Gasteiger partial charge in [0.15, 0.2) is 0 Å². The molecule has 1 heterocycles. The van der Waals surface area contributed by atoms with E-state index in [0.29, 0.717) is 48.0 Å². The van der Waals surface area contributed by atoms with Crippen molar-refractivity contribution in [3.8, 4) is 6.07 Å². The minimum atomic E-state index is -4.77. The van der Waals surface area contributed by atoms with E-state index in [4.69, 9.17) is 14.2 Å². The van der Waals surface area contributed by atoms with E-state index < -0.39 is 40.0 Å². The van der Waals surface area contributed by atoms with Crippen molar-refractivity contribution in [1.29, 1.82) is 5.26 Å². The van der Waals surface area contributed by atoms with E-state index in [1.807, 2.05) is 32.9 Å². The number of nitrogens with zero attached hydrogens (tertiary/aromatic N) is 5. The zero-order valence-electron chi connectivity index (χ0n) is 30.3. The smallest absolute Gasteiger partial charge is 0.426 e. The van der Waals surface area contributed by atoms with Crippen molar-refractivity contribution in [2.75, 3.05) is 48.5 Å². The average molecular weight is 722 g/mol. The molecule has 1 aliphatic heterocycles. The van der Waals surface area contributed by atoms with Crippen molar-refractivity contribution in [2.24, 2.45) is 0 Å². The number of hydrogen-bond acceptors (Lipinski definition) is 10. The molecule has 0 N–H and O–H groups in total. The SMILES string of the molecule is CCOC(=O)CN(C(=O)OC(C)(C)C)S(=O)(=O)N(Cc1ccc2ccc(C#N)cc2c1)c1ccc(N2CCCN(C(=O)OC(C)(C)C)CC2)cc1. The lowest BCUT2D eigenvalue weighted by Crippen LogP contribution is -2.50. The summed E-state index contributed by atoms with van der Waals surface area (Å²) in [6.45, 7) is 12.9. The predicted octanol–water partition coefficient (Wildman–Crippen LogP) is 6.21. The Kier molecular flexibility index (Phi) is 12.1. The van der Waals surface area contributed by atoms with Crippen LogP contribution in [0.25, 0.3) is 10.8 Å². The fraction of sp³-hybridized carbons (Fsp3) is 0.459. The minimum absolute atomic E-state index is 0.0139. The molecule has 0 saturated carbocycles. The van der Waals surface area contributed by atoms with Crippen LogP contribution in [-0.4, -0.2) is 86.3 Å². The highest BCUT2D eigenvalue weighted by Gasteiger charge is 2.39. The first-order valence-electron chi connectivity index (χ1n) is 16.8. The van der Waals surface area contributed by atoms with Crippen LogP contribution in [0.3, 0.4) is 0 Å². The largest absolute Gasteiger partial charge is 0.465 e. The Morgan fingerprint density at radius 3 is 2.14 bits per heavy atom. The molecule has 3 aromatic rings. The van der Waals surface area contributed by atoms with E-state index in [9.17, 15) is 28.1 Å². The number of ether oxygens (including phenoxy) is 3. The van der Waals surface area contributed by atoms with Gasteiger partial charge in [-0.15, -0.1) is 0 Å². The molecular weight excluding hydrogens is 675 g/mol. The van der Waals surface area contributed by atoms with Crippen LogP contribution >= 0.6 is 0 Å². The zero-order valence-corrected chi connectivity index (χ0v) is 31.2.